The fraction of sp³-hybridized carbons (Fsp3) is 0.333. The third kappa shape index (κ3) is 3.85. The molecule has 0 saturated heterocycles. The maximum atomic E-state index is 6.23. The van der Waals surface area contributed by atoms with Crippen molar-refractivity contribution < 1.29 is 0 Å². The summed E-state index contributed by atoms with van der Waals surface area (Å²) in [5.41, 5.74) is 17.6. The van der Waals surface area contributed by atoms with Crippen molar-refractivity contribution in [1.82, 2.24) is 9.97 Å². The topological polar surface area (TPSA) is 104 Å². The van der Waals surface area contributed by atoms with Crippen LogP contribution in [0, 0.1) is 0 Å². The van der Waals surface area contributed by atoms with Gasteiger partial charge in [0.05, 0.1) is 9.04 Å². The Balaban J connectivity index is 2.28. The van der Waals surface area contributed by atoms with Crippen molar-refractivity contribution in [3.8, 4) is 0 Å². The van der Waals surface area contributed by atoms with Gasteiger partial charge in [-0.25, -0.2) is 9.97 Å². The highest BCUT2D eigenvalue weighted by Gasteiger charge is 2.23. The Morgan fingerprint density at radius 1 is 1.30 bits per heavy atom. The van der Waals surface area contributed by atoms with Crippen LogP contribution in [0.25, 0.3) is 0 Å². The highest BCUT2D eigenvalue weighted by Crippen LogP contribution is 2.41. The molecule has 0 aromatic carbocycles. The minimum atomic E-state index is 0.0109. The molecule has 2 rings (SSSR count). The number of nitrogens with two attached hydrogens (primary N) is 3. The van der Waals surface area contributed by atoms with E-state index in [0.717, 1.165) is 10.2 Å². The van der Waals surface area contributed by atoms with Crippen molar-refractivity contribution in [2.75, 3.05) is 11.5 Å². The number of rotatable bonds is 5. The first-order valence-electron chi connectivity index (χ1n) is 6.07. The van der Waals surface area contributed by atoms with Crippen LogP contribution >= 0.6 is 39.0 Å². The average molecular weight is 374 g/mol. The maximum absolute atomic E-state index is 6.23. The monoisotopic (exact) mass is 373 g/mol. The van der Waals surface area contributed by atoms with Crippen LogP contribution in [-0.4, -0.2) is 16.0 Å². The number of halogens is 1. The second-order valence-electron chi connectivity index (χ2n) is 4.25. The van der Waals surface area contributed by atoms with Crippen molar-refractivity contribution >= 4 is 50.7 Å². The molecule has 0 radical (unpaired) electrons. The number of aromatic nitrogens is 2. The van der Waals surface area contributed by atoms with E-state index in [9.17, 15) is 0 Å². The van der Waals surface area contributed by atoms with Crippen molar-refractivity contribution in [3.63, 3.8) is 0 Å². The highest BCUT2D eigenvalue weighted by atomic mass is 79.9. The number of nitrogen functional groups attached to an aromatic ring is 2. The molecule has 5 nitrogen and oxygen atoms in total. The van der Waals surface area contributed by atoms with E-state index < -0.39 is 0 Å². The number of hydrogen-bond acceptors (Lipinski definition) is 7. The molecule has 2 aromatic rings. The number of thioether (sulfide) groups is 1. The smallest absolute Gasteiger partial charge is 0.192 e. The van der Waals surface area contributed by atoms with Crippen molar-refractivity contribution in [2.24, 2.45) is 5.73 Å². The van der Waals surface area contributed by atoms with E-state index in [-0.39, 0.29) is 11.3 Å². The molecule has 20 heavy (non-hydrogen) atoms. The van der Waals surface area contributed by atoms with Crippen LogP contribution in [-0.2, 0) is 0 Å². The van der Waals surface area contributed by atoms with Gasteiger partial charge in [-0.1, -0.05) is 18.7 Å². The summed E-state index contributed by atoms with van der Waals surface area (Å²) < 4.78 is 1.08. The quantitative estimate of drug-likeness (QED) is 0.549. The third-order valence-corrected chi connectivity index (χ3v) is 5.82. The van der Waals surface area contributed by atoms with Crippen LogP contribution in [0.1, 0.15) is 23.5 Å². The molecule has 2 atom stereocenters. The minimum absolute atomic E-state index is 0.0109. The second kappa shape index (κ2) is 6.75. The van der Waals surface area contributed by atoms with Crippen LogP contribution in [0.3, 0.4) is 0 Å². The van der Waals surface area contributed by atoms with Crippen molar-refractivity contribution in [3.05, 3.63) is 26.9 Å². The van der Waals surface area contributed by atoms with Crippen molar-refractivity contribution in [2.45, 2.75) is 29.8 Å². The zero-order valence-corrected chi connectivity index (χ0v) is 14.1. The van der Waals surface area contributed by atoms with E-state index in [1.807, 2.05) is 6.07 Å². The molecule has 0 bridgehead atoms. The predicted molar refractivity (Wildman–Crippen MR) is 89.7 cm³/mol. The van der Waals surface area contributed by atoms with E-state index in [4.69, 9.17) is 17.2 Å². The molecular weight excluding hydrogens is 358 g/mol. The standard InChI is InChI=1S/C12H16BrN5S2/c1-2-6(14)11(7-3-4-8(13)19-7)20-12-17-9(15)5-10(16)18-12/h3-6,11H,2,14H2,1H3,(H4,15,16,17,18). The van der Waals surface area contributed by atoms with Crippen LogP contribution in [0.2, 0.25) is 0 Å². The number of thiophene rings is 1. The number of nitrogens with zero attached hydrogens (tertiary/aromatic N) is 2. The first-order chi connectivity index (χ1) is 9.49. The lowest BCUT2D eigenvalue weighted by Gasteiger charge is -2.20. The summed E-state index contributed by atoms with van der Waals surface area (Å²) in [4.78, 5) is 9.60. The lowest BCUT2D eigenvalue weighted by Crippen LogP contribution is -2.25. The Labute approximate surface area is 134 Å². The largest absolute Gasteiger partial charge is 0.383 e. The molecule has 2 heterocycles. The number of hydrogen-bond donors (Lipinski definition) is 3. The zero-order valence-electron chi connectivity index (χ0n) is 10.9. The van der Waals surface area contributed by atoms with E-state index >= 15 is 0 Å². The normalized spacial score (nSPS) is 14.2. The van der Waals surface area contributed by atoms with Crippen LogP contribution in [0.5, 0.6) is 0 Å². The van der Waals surface area contributed by atoms with Gasteiger partial charge in [-0.3, -0.25) is 0 Å². The molecule has 0 amide bonds. The Bertz CT molecular complexity index is 569. The van der Waals surface area contributed by atoms with Crippen LogP contribution < -0.4 is 17.2 Å². The first-order valence-corrected chi connectivity index (χ1v) is 8.56. The maximum Gasteiger partial charge on any atom is 0.192 e. The first kappa shape index (κ1) is 15.6. The fourth-order valence-corrected chi connectivity index (χ4v) is 4.56. The molecule has 0 aliphatic rings. The molecule has 6 N–H and O–H groups in total. The Morgan fingerprint density at radius 3 is 2.45 bits per heavy atom. The molecule has 108 valence electrons. The summed E-state index contributed by atoms with van der Waals surface area (Å²) >= 11 is 6.64. The van der Waals surface area contributed by atoms with E-state index in [1.165, 1.54) is 16.6 Å². The van der Waals surface area contributed by atoms with Crippen LogP contribution in [0.4, 0.5) is 11.6 Å². The fourth-order valence-electron chi connectivity index (χ4n) is 1.68. The zero-order chi connectivity index (χ0) is 14.7. The van der Waals surface area contributed by atoms with Gasteiger partial charge in [0, 0.05) is 17.0 Å². The van der Waals surface area contributed by atoms with E-state index in [0.29, 0.717) is 16.8 Å². The molecule has 0 aliphatic heterocycles. The van der Waals surface area contributed by atoms with Gasteiger partial charge < -0.3 is 17.2 Å². The highest BCUT2D eigenvalue weighted by molar-refractivity contribution is 9.11. The van der Waals surface area contributed by atoms with Crippen molar-refractivity contribution in [1.29, 1.82) is 0 Å². The minimum Gasteiger partial charge on any atom is -0.383 e. The lowest BCUT2D eigenvalue weighted by atomic mass is 10.1. The summed E-state index contributed by atoms with van der Waals surface area (Å²) in [5, 5.41) is 0.637. The molecule has 2 aromatic heterocycles. The molecule has 8 heteroatoms. The Kier molecular flexibility index (Phi) is 5.25. The summed E-state index contributed by atoms with van der Waals surface area (Å²) in [6.07, 6.45) is 0.866. The lowest BCUT2D eigenvalue weighted by molar-refractivity contribution is 0.638. The summed E-state index contributed by atoms with van der Waals surface area (Å²) in [6.45, 7) is 2.06. The van der Waals surface area contributed by atoms with Gasteiger partial charge in [-0.2, -0.15) is 0 Å². The summed E-state index contributed by atoms with van der Waals surface area (Å²) in [7, 11) is 0. The van der Waals surface area contributed by atoms with Gasteiger partial charge in [-0.05, 0) is 34.5 Å². The van der Waals surface area contributed by atoms with Gasteiger partial charge in [-0.15, -0.1) is 11.3 Å². The average Bonchev–Trinajstić information content (AvgIpc) is 2.80. The molecule has 0 fully saturated rings. The van der Waals surface area contributed by atoms with Gasteiger partial charge in [0.15, 0.2) is 5.16 Å². The van der Waals surface area contributed by atoms with Gasteiger partial charge >= 0.3 is 0 Å². The Hall–Kier alpha value is -0.830. The second-order valence-corrected chi connectivity index (χ2v) is 7.86. The molecule has 0 aliphatic carbocycles. The van der Waals surface area contributed by atoms with E-state index in [1.54, 1.807) is 17.4 Å². The Morgan fingerprint density at radius 2 is 1.95 bits per heavy atom. The van der Waals surface area contributed by atoms with Crippen LogP contribution in [0.15, 0.2) is 27.1 Å². The third-order valence-electron chi connectivity index (χ3n) is 2.71. The number of anilines is 2. The van der Waals surface area contributed by atoms with Gasteiger partial charge in [0.25, 0.3) is 0 Å². The SMILES string of the molecule is CCC(N)C(Sc1nc(N)cc(N)n1)c1ccc(Br)s1. The molecule has 2 unspecified atom stereocenters. The summed E-state index contributed by atoms with van der Waals surface area (Å²) in [5.74, 6) is 0.743. The molecule has 0 saturated carbocycles. The molecular formula is C12H16BrN5S2. The molecule has 0 spiro atoms. The predicted octanol–water partition coefficient (Wildman–Crippen LogP) is 3.04. The van der Waals surface area contributed by atoms with E-state index in [2.05, 4.69) is 38.9 Å². The van der Waals surface area contributed by atoms with Gasteiger partial charge in [0.2, 0.25) is 0 Å². The summed E-state index contributed by atoms with van der Waals surface area (Å²) in [6, 6.07) is 5.64. The van der Waals surface area contributed by atoms with Gasteiger partial charge in [0.1, 0.15) is 11.6 Å².